The Balaban J connectivity index is 1.09. The van der Waals surface area contributed by atoms with Crippen LogP contribution >= 0.6 is 0 Å². The Bertz CT molecular complexity index is 3520. The first-order valence-electron chi connectivity index (χ1n) is 23.4. The number of carbonyl (C=O) groups excluding carboxylic acids is 1. The molecule has 5 aromatic rings. The molecule has 2 fully saturated rings. The van der Waals surface area contributed by atoms with Crippen LogP contribution in [-0.4, -0.2) is 13.1 Å². The van der Waals surface area contributed by atoms with Crippen molar-refractivity contribution in [2.45, 2.75) is 111 Å². The Morgan fingerprint density at radius 1 is 0.672 bits per heavy atom. The predicted octanol–water partition coefficient (Wildman–Crippen LogP) is 8.65. The van der Waals surface area contributed by atoms with Gasteiger partial charge in [-0.15, -0.1) is 0 Å². The Morgan fingerprint density at radius 3 is 2.29 bits per heavy atom. The van der Waals surface area contributed by atoms with E-state index in [1.807, 2.05) is 55.7 Å². The summed E-state index contributed by atoms with van der Waals surface area (Å²) in [5.74, 6) is 5.04. The normalized spacial score (nSPS) is 39.2. The van der Waals surface area contributed by atoms with Crippen molar-refractivity contribution in [3.05, 3.63) is 114 Å². The van der Waals surface area contributed by atoms with Crippen molar-refractivity contribution in [1.29, 1.82) is 0 Å². The van der Waals surface area contributed by atoms with Crippen molar-refractivity contribution >= 4 is 49.8 Å². The molecule has 0 amide bonds. The van der Waals surface area contributed by atoms with Gasteiger partial charge in [0, 0.05) is 40.4 Å². The van der Waals surface area contributed by atoms with E-state index < -0.39 is 0 Å². The Labute approximate surface area is 336 Å². The fourth-order valence-corrected chi connectivity index (χ4v) is 21.0. The summed E-state index contributed by atoms with van der Waals surface area (Å²) in [5.41, 5.74) is 27.4. The summed E-state index contributed by atoms with van der Waals surface area (Å²) < 4.78 is 5.41. The smallest absolute Gasteiger partial charge is 0.305 e. The van der Waals surface area contributed by atoms with Gasteiger partial charge in [0.1, 0.15) is 0 Å². The highest BCUT2D eigenvalue weighted by atomic mass is 16.5. The fourth-order valence-electron chi connectivity index (χ4n) is 21.0. The molecule has 11 atom stereocenters. The van der Waals surface area contributed by atoms with Crippen molar-refractivity contribution in [3.63, 3.8) is 0 Å². The molecule has 0 aromatic heterocycles. The minimum atomic E-state index is -0.0745. The molecule has 0 saturated heterocycles. The molecule has 2 nitrogen and oxygen atoms in total. The quantitative estimate of drug-likeness (QED) is 0.131. The van der Waals surface area contributed by atoms with Crippen LogP contribution in [0.15, 0.2) is 54.6 Å². The second-order valence-corrected chi connectivity index (χ2v) is 21.7. The van der Waals surface area contributed by atoms with E-state index in [0.29, 0.717) is 53.8 Å². The fraction of sp³-hybridized carbons (Fsp3) is 0.411. The zero-order chi connectivity index (χ0) is 36.8. The second-order valence-electron chi connectivity index (χ2n) is 21.7. The van der Waals surface area contributed by atoms with Crippen LogP contribution in [0.4, 0.5) is 0 Å². The summed E-state index contributed by atoms with van der Waals surface area (Å²) in [7, 11) is 1.59. The van der Waals surface area contributed by atoms with E-state index in [-0.39, 0.29) is 22.2 Å². The molecule has 0 heterocycles. The molecule has 5 aromatic carbocycles. The van der Waals surface area contributed by atoms with Gasteiger partial charge in [-0.05, 0) is 197 Å². The minimum absolute atomic E-state index is 0.0332. The number of methoxy groups -OCH3 is 1. The first kappa shape index (κ1) is 28.7. The van der Waals surface area contributed by atoms with Gasteiger partial charge in [0.25, 0.3) is 0 Å². The molecular weight excluding hydrogens is 705 g/mol. The van der Waals surface area contributed by atoms with Crippen LogP contribution < -0.4 is 20.9 Å². The van der Waals surface area contributed by atoms with Crippen LogP contribution in [0.1, 0.15) is 133 Å². The summed E-state index contributed by atoms with van der Waals surface area (Å²) in [4.78, 5) is 13.2. The average molecular weight is 747 g/mol. The van der Waals surface area contributed by atoms with Gasteiger partial charge in [0.15, 0.2) is 0 Å². The van der Waals surface area contributed by atoms with Gasteiger partial charge in [-0.2, -0.15) is 0 Å². The van der Waals surface area contributed by atoms with Gasteiger partial charge in [-0.1, -0.05) is 76.9 Å². The number of allylic oxidation sites excluding steroid dienone is 2. The van der Waals surface area contributed by atoms with E-state index in [0.717, 1.165) is 12.8 Å². The lowest BCUT2D eigenvalue weighted by atomic mass is 9.59. The molecule has 2 spiro atoms. The number of rotatable bonds is 5. The average Bonchev–Trinajstić information content (AvgIpc) is 3.91. The Kier molecular flexibility index (Phi) is 4.01. The van der Waals surface area contributed by atoms with Crippen molar-refractivity contribution in [3.8, 4) is 22.3 Å². The van der Waals surface area contributed by atoms with Gasteiger partial charge < -0.3 is 4.74 Å². The molecule has 0 radical (unpaired) electrons. The maximum atomic E-state index is 13.2. The summed E-state index contributed by atoms with van der Waals surface area (Å²) in [5, 5.41) is 13.5. The van der Waals surface area contributed by atoms with Gasteiger partial charge >= 0.3 is 5.97 Å². The van der Waals surface area contributed by atoms with Crippen LogP contribution in [0.2, 0.25) is 0 Å². The lowest BCUT2D eigenvalue weighted by Gasteiger charge is -2.43. The van der Waals surface area contributed by atoms with E-state index in [9.17, 15) is 4.79 Å². The zero-order valence-electron chi connectivity index (χ0n) is 32.9. The number of hydrogen-bond acceptors (Lipinski definition) is 2. The summed E-state index contributed by atoms with van der Waals surface area (Å²) in [6.07, 6.45) is 18.5. The minimum Gasteiger partial charge on any atom is -0.469 e. The maximum Gasteiger partial charge on any atom is 0.305 e. The highest BCUT2D eigenvalue weighted by molar-refractivity contribution is 6.25. The van der Waals surface area contributed by atoms with Crippen molar-refractivity contribution in [1.82, 2.24) is 0 Å². The molecule has 11 unspecified atom stereocenters. The zero-order valence-corrected chi connectivity index (χ0v) is 32.9. The van der Waals surface area contributed by atoms with Gasteiger partial charge in [-0.3, -0.25) is 4.79 Å². The van der Waals surface area contributed by atoms with Gasteiger partial charge in [0.2, 0.25) is 0 Å². The maximum absolute atomic E-state index is 13.2. The molecule has 0 aliphatic heterocycles. The highest BCUT2D eigenvalue weighted by Gasteiger charge is 2.96. The van der Waals surface area contributed by atoms with E-state index in [2.05, 4.69) is 54.6 Å². The molecule has 278 valence electrons. The molecule has 58 heavy (non-hydrogen) atoms. The third-order valence-electron chi connectivity index (χ3n) is 21.4. The van der Waals surface area contributed by atoms with Gasteiger partial charge in [-0.25, -0.2) is 0 Å². The van der Waals surface area contributed by atoms with Crippen LogP contribution in [0.25, 0.3) is 66.1 Å². The predicted molar refractivity (Wildman–Crippen MR) is 226 cm³/mol. The third kappa shape index (κ3) is 2.18. The standard InChI is InChI=1S/C56H42O2/c1-58-35(57)7-4-20-54(24-9-8-22-5-2-3-6-23(22)21-24)55-33-18-19-34-32-17-15-30-28-13-11-26-25-10-12-27-29-14-16-31(33)42-40(29)45-38(27)36(25)44-37(26)39(28)46-41(30)43(32)53(56(34,54)55)51-49(46)47(44)48(45)50(51)52(42)55/h2-3,5-6,8-10,12,21,25-28,33-34,36,38H,4,7,11,13-20H2,1H3. The van der Waals surface area contributed by atoms with Crippen LogP contribution in [0, 0.1) is 23.7 Å². The topological polar surface area (TPSA) is 26.3 Å². The first-order valence-corrected chi connectivity index (χ1v) is 23.4. The monoisotopic (exact) mass is 746 g/mol. The summed E-state index contributed by atoms with van der Waals surface area (Å²) in [6.45, 7) is 0. The van der Waals surface area contributed by atoms with Crippen molar-refractivity contribution in [2.24, 2.45) is 23.7 Å². The third-order valence-corrected chi connectivity index (χ3v) is 21.4. The number of ether oxygens (including phenoxy) is 1. The molecule has 2 heteroatoms. The molecule has 0 N–H and O–H groups in total. The second kappa shape index (κ2) is 8.11. The van der Waals surface area contributed by atoms with Crippen LogP contribution in [0.3, 0.4) is 0 Å². The number of esters is 1. The number of benzene rings is 5. The SMILES string of the molecule is COC(=O)CCCC1(c2ccc3ccccc3c2)C23c4c5c6c7c8c4=C4CCC=8C8C=CC9C%10CCC%11C%12=c%13c%14c(c-5c5c-6c(c%10c%11c%135)C9C78)C12C(CCC43)C=%14CC%12. The summed E-state index contributed by atoms with van der Waals surface area (Å²) >= 11 is 0. The van der Waals surface area contributed by atoms with Crippen LogP contribution in [0.5, 0.6) is 0 Å². The molecule has 14 aliphatic carbocycles. The van der Waals surface area contributed by atoms with E-state index in [4.69, 9.17) is 4.74 Å². The molecular formula is C56H42O2. The molecule has 0 bridgehead atoms. The van der Waals surface area contributed by atoms with E-state index >= 15 is 0 Å². The lowest BCUT2D eigenvalue weighted by Crippen LogP contribution is -2.42. The highest BCUT2D eigenvalue weighted by Crippen LogP contribution is 2.94. The Hall–Kier alpha value is -4.69. The Morgan fingerprint density at radius 2 is 1.45 bits per heavy atom. The van der Waals surface area contributed by atoms with Crippen molar-refractivity contribution in [2.75, 3.05) is 7.11 Å². The molecule has 19 rings (SSSR count). The largest absolute Gasteiger partial charge is 0.469 e. The van der Waals surface area contributed by atoms with E-state index in [1.54, 1.807) is 66.6 Å². The molecule has 14 aliphatic rings. The van der Waals surface area contributed by atoms with E-state index in [1.165, 1.54) is 62.1 Å². The van der Waals surface area contributed by atoms with Crippen LogP contribution in [-0.2, 0) is 25.8 Å². The lowest BCUT2D eigenvalue weighted by molar-refractivity contribution is -0.140. The first-order chi connectivity index (χ1) is 28.7. The number of hydrogen-bond donors (Lipinski definition) is 0. The summed E-state index contributed by atoms with van der Waals surface area (Å²) in [6, 6.07) is 16.9. The van der Waals surface area contributed by atoms with Crippen molar-refractivity contribution < 1.29 is 9.53 Å². The number of fused-ring (bicyclic) bond motifs is 6. The van der Waals surface area contributed by atoms with Gasteiger partial charge in [0.05, 0.1) is 7.11 Å². The number of carbonyl (C=O) groups is 1. The molecule has 2 saturated carbocycles.